The molecule has 64 valence electrons. The van der Waals surface area contributed by atoms with Crippen molar-refractivity contribution in [3.8, 4) is 0 Å². The number of amides is 1. The predicted octanol–water partition coefficient (Wildman–Crippen LogP) is 0.250. The molecule has 3 heteroatoms. The Kier molecular flexibility index (Phi) is 2.88. The minimum atomic E-state index is 0.182. The Morgan fingerprint density at radius 3 is 3.09 bits per heavy atom. The van der Waals surface area contributed by atoms with Crippen molar-refractivity contribution in [2.45, 2.75) is 32.2 Å². The standard InChI is InChI=1S/C8H16N2O/c1-6(9)4-7-2-3-10-8(11)5-7/h6-7H,2-5,9H2,1H3,(H,10,11). The monoisotopic (exact) mass is 156 g/mol. The molecule has 0 aromatic heterocycles. The fourth-order valence-corrected chi connectivity index (χ4v) is 1.58. The van der Waals surface area contributed by atoms with E-state index in [4.69, 9.17) is 5.73 Å². The van der Waals surface area contributed by atoms with Crippen LogP contribution in [0.5, 0.6) is 0 Å². The lowest BCUT2D eigenvalue weighted by atomic mass is 9.91. The molecule has 0 aromatic carbocycles. The van der Waals surface area contributed by atoms with Crippen LogP contribution in [-0.2, 0) is 4.79 Å². The van der Waals surface area contributed by atoms with Crippen molar-refractivity contribution < 1.29 is 4.79 Å². The minimum absolute atomic E-state index is 0.182. The number of nitrogens with two attached hydrogens (primary N) is 1. The normalized spacial score (nSPS) is 27.8. The summed E-state index contributed by atoms with van der Waals surface area (Å²) in [6.45, 7) is 2.82. The van der Waals surface area contributed by atoms with Crippen molar-refractivity contribution in [1.29, 1.82) is 0 Å². The van der Waals surface area contributed by atoms with Gasteiger partial charge in [-0.25, -0.2) is 0 Å². The summed E-state index contributed by atoms with van der Waals surface area (Å²) in [5.74, 6) is 0.700. The quantitative estimate of drug-likeness (QED) is 0.602. The second-order valence-electron chi connectivity index (χ2n) is 3.42. The van der Waals surface area contributed by atoms with E-state index in [0.29, 0.717) is 12.3 Å². The zero-order valence-corrected chi connectivity index (χ0v) is 6.97. The highest BCUT2D eigenvalue weighted by molar-refractivity contribution is 5.76. The third-order valence-electron chi connectivity index (χ3n) is 2.05. The van der Waals surface area contributed by atoms with Gasteiger partial charge in [-0.2, -0.15) is 0 Å². The average molecular weight is 156 g/mol. The molecule has 0 aliphatic carbocycles. The van der Waals surface area contributed by atoms with Gasteiger partial charge in [-0.15, -0.1) is 0 Å². The van der Waals surface area contributed by atoms with Gasteiger partial charge in [0, 0.05) is 19.0 Å². The van der Waals surface area contributed by atoms with Crippen LogP contribution in [0.3, 0.4) is 0 Å². The van der Waals surface area contributed by atoms with Crippen molar-refractivity contribution in [3.63, 3.8) is 0 Å². The maximum Gasteiger partial charge on any atom is 0.220 e. The molecule has 2 unspecified atom stereocenters. The summed E-state index contributed by atoms with van der Waals surface area (Å²) in [6, 6.07) is 0.228. The lowest BCUT2D eigenvalue weighted by Gasteiger charge is -2.23. The molecule has 1 fully saturated rings. The first-order valence-electron chi connectivity index (χ1n) is 4.20. The molecule has 0 saturated carbocycles. The highest BCUT2D eigenvalue weighted by atomic mass is 16.1. The Morgan fingerprint density at radius 1 is 1.82 bits per heavy atom. The third-order valence-corrected chi connectivity index (χ3v) is 2.05. The van der Waals surface area contributed by atoms with Crippen LogP contribution in [0.4, 0.5) is 0 Å². The lowest BCUT2D eigenvalue weighted by Crippen LogP contribution is -2.35. The van der Waals surface area contributed by atoms with Crippen LogP contribution >= 0.6 is 0 Å². The van der Waals surface area contributed by atoms with Gasteiger partial charge in [0.2, 0.25) is 5.91 Å². The van der Waals surface area contributed by atoms with Crippen molar-refractivity contribution in [1.82, 2.24) is 5.32 Å². The number of nitrogens with one attached hydrogen (secondary N) is 1. The summed E-state index contributed by atoms with van der Waals surface area (Å²) in [5, 5.41) is 2.81. The highest BCUT2D eigenvalue weighted by Crippen LogP contribution is 2.17. The van der Waals surface area contributed by atoms with E-state index in [2.05, 4.69) is 5.32 Å². The molecule has 3 nitrogen and oxygen atoms in total. The molecule has 0 spiro atoms. The molecule has 1 amide bonds. The summed E-state index contributed by atoms with van der Waals surface area (Å²) < 4.78 is 0. The van der Waals surface area contributed by atoms with Crippen molar-refractivity contribution in [3.05, 3.63) is 0 Å². The Balaban J connectivity index is 2.28. The highest BCUT2D eigenvalue weighted by Gasteiger charge is 2.19. The van der Waals surface area contributed by atoms with E-state index in [1.165, 1.54) is 0 Å². The molecule has 1 saturated heterocycles. The average Bonchev–Trinajstić information content (AvgIpc) is 1.85. The van der Waals surface area contributed by atoms with Crippen molar-refractivity contribution >= 4 is 5.91 Å². The van der Waals surface area contributed by atoms with Crippen LogP contribution < -0.4 is 11.1 Å². The van der Waals surface area contributed by atoms with Gasteiger partial charge in [-0.1, -0.05) is 0 Å². The number of hydrogen-bond donors (Lipinski definition) is 2. The molecular weight excluding hydrogens is 140 g/mol. The summed E-state index contributed by atoms with van der Waals surface area (Å²) in [6.07, 6.45) is 2.74. The molecule has 3 N–H and O–H groups in total. The van der Waals surface area contributed by atoms with Gasteiger partial charge in [-0.05, 0) is 25.7 Å². The van der Waals surface area contributed by atoms with Crippen LogP contribution in [0.1, 0.15) is 26.2 Å². The fraction of sp³-hybridized carbons (Fsp3) is 0.875. The maximum atomic E-state index is 10.9. The van der Waals surface area contributed by atoms with Crippen molar-refractivity contribution in [2.75, 3.05) is 6.54 Å². The zero-order chi connectivity index (χ0) is 8.27. The molecular formula is C8H16N2O. The molecule has 1 rings (SSSR count). The van der Waals surface area contributed by atoms with Crippen LogP contribution in [0.15, 0.2) is 0 Å². The van der Waals surface area contributed by atoms with E-state index in [1.54, 1.807) is 0 Å². The largest absolute Gasteiger partial charge is 0.356 e. The molecule has 1 heterocycles. The molecule has 11 heavy (non-hydrogen) atoms. The van der Waals surface area contributed by atoms with E-state index in [0.717, 1.165) is 19.4 Å². The lowest BCUT2D eigenvalue weighted by molar-refractivity contribution is -0.123. The maximum absolute atomic E-state index is 10.9. The first-order valence-corrected chi connectivity index (χ1v) is 4.20. The molecule has 2 atom stereocenters. The van der Waals surface area contributed by atoms with Gasteiger partial charge in [0.25, 0.3) is 0 Å². The Hall–Kier alpha value is -0.570. The van der Waals surface area contributed by atoms with Gasteiger partial charge in [-0.3, -0.25) is 4.79 Å². The van der Waals surface area contributed by atoms with Crippen LogP contribution in [0.2, 0.25) is 0 Å². The van der Waals surface area contributed by atoms with Gasteiger partial charge in [0.1, 0.15) is 0 Å². The predicted molar refractivity (Wildman–Crippen MR) is 44.0 cm³/mol. The molecule has 1 aliphatic rings. The summed E-state index contributed by atoms with van der Waals surface area (Å²) >= 11 is 0. The number of rotatable bonds is 2. The van der Waals surface area contributed by atoms with E-state index < -0.39 is 0 Å². The number of hydrogen-bond acceptors (Lipinski definition) is 2. The van der Waals surface area contributed by atoms with Gasteiger partial charge in [0.05, 0.1) is 0 Å². The molecule has 0 radical (unpaired) electrons. The summed E-state index contributed by atoms with van der Waals surface area (Å²) in [7, 11) is 0. The second kappa shape index (κ2) is 3.72. The van der Waals surface area contributed by atoms with E-state index in [1.807, 2.05) is 6.92 Å². The van der Waals surface area contributed by atoms with E-state index in [9.17, 15) is 4.79 Å². The Bertz CT molecular complexity index is 145. The molecule has 0 bridgehead atoms. The molecule has 0 aromatic rings. The van der Waals surface area contributed by atoms with E-state index in [-0.39, 0.29) is 11.9 Å². The summed E-state index contributed by atoms with van der Waals surface area (Å²) in [5.41, 5.74) is 5.64. The van der Waals surface area contributed by atoms with Gasteiger partial charge in [0.15, 0.2) is 0 Å². The Labute approximate surface area is 67.3 Å². The van der Waals surface area contributed by atoms with Crippen LogP contribution in [0, 0.1) is 5.92 Å². The number of carbonyl (C=O) groups excluding carboxylic acids is 1. The van der Waals surface area contributed by atoms with Crippen LogP contribution in [0.25, 0.3) is 0 Å². The van der Waals surface area contributed by atoms with Crippen LogP contribution in [-0.4, -0.2) is 18.5 Å². The number of carbonyl (C=O) groups is 1. The number of piperidine rings is 1. The smallest absolute Gasteiger partial charge is 0.220 e. The van der Waals surface area contributed by atoms with Crippen molar-refractivity contribution in [2.24, 2.45) is 11.7 Å². The van der Waals surface area contributed by atoms with Gasteiger partial charge < -0.3 is 11.1 Å². The molecule has 1 aliphatic heterocycles. The third kappa shape index (κ3) is 2.89. The fourth-order valence-electron chi connectivity index (χ4n) is 1.58. The summed E-state index contributed by atoms with van der Waals surface area (Å²) in [4.78, 5) is 10.9. The zero-order valence-electron chi connectivity index (χ0n) is 6.97. The van der Waals surface area contributed by atoms with E-state index >= 15 is 0 Å². The minimum Gasteiger partial charge on any atom is -0.356 e. The Morgan fingerprint density at radius 2 is 2.55 bits per heavy atom. The SMILES string of the molecule is CC(N)CC1CCNC(=O)C1. The first kappa shape index (κ1) is 8.53. The topological polar surface area (TPSA) is 55.1 Å². The second-order valence-corrected chi connectivity index (χ2v) is 3.42. The first-order chi connectivity index (χ1) is 5.18. The van der Waals surface area contributed by atoms with Gasteiger partial charge >= 0.3 is 0 Å².